The lowest BCUT2D eigenvalue weighted by Gasteiger charge is -2.20. The van der Waals surface area contributed by atoms with Gasteiger partial charge in [0, 0.05) is 0 Å². The van der Waals surface area contributed by atoms with Crippen molar-refractivity contribution in [1.29, 1.82) is 0 Å². The van der Waals surface area contributed by atoms with Crippen LogP contribution in [0.2, 0.25) is 0 Å². The average molecular weight is 229 g/mol. The molecule has 1 heterocycles. The maximum atomic E-state index is 11.6. The van der Waals surface area contributed by atoms with Crippen LogP contribution in [-0.4, -0.2) is 32.0 Å². The van der Waals surface area contributed by atoms with Gasteiger partial charge in [-0.1, -0.05) is 18.6 Å². The Morgan fingerprint density at radius 2 is 2.13 bits per heavy atom. The summed E-state index contributed by atoms with van der Waals surface area (Å²) in [7, 11) is -2.88. The Hall–Kier alpha value is -0.930. The van der Waals surface area contributed by atoms with E-state index in [0.29, 0.717) is 12.2 Å². The molecule has 0 aromatic heterocycles. The fourth-order valence-corrected chi connectivity index (χ4v) is 3.57. The maximum absolute atomic E-state index is 11.6. The molecule has 4 nitrogen and oxygen atoms in total. The van der Waals surface area contributed by atoms with Gasteiger partial charge in [-0.25, -0.2) is 18.2 Å². The standard InChI is InChI=1S/C10H15NO3S/c12-9-11-7-3-1-5-10-6-2-4-8-15(10,13)14/h1,3,10H,2,4-8H2/b3-1-. The fraction of sp³-hybridized carbons (Fsp3) is 0.700. The Morgan fingerprint density at radius 1 is 1.33 bits per heavy atom. The first-order valence-electron chi connectivity index (χ1n) is 5.07. The van der Waals surface area contributed by atoms with Crippen LogP contribution in [-0.2, 0) is 14.6 Å². The van der Waals surface area contributed by atoms with Crippen LogP contribution in [0.3, 0.4) is 0 Å². The molecule has 15 heavy (non-hydrogen) atoms. The zero-order valence-electron chi connectivity index (χ0n) is 8.55. The normalized spacial score (nSPS) is 24.9. The molecule has 0 N–H and O–H groups in total. The summed E-state index contributed by atoms with van der Waals surface area (Å²) in [6.45, 7) is 0.288. The summed E-state index contributed by atoms with van der Waals surface area (Å²) in [5.74, 6) is 0.317. The highest BCUT2D eigenvalue weighted by Crippen LogP contribution is 2.22. The van der Waals surface area contributed by atoms with Crippen molar-refractivity contribution in [3.05, 3.63) is 12.2 Å². The third kappa shape index (κ3) is 3.98. The largest absolute Gasteiger partial charge is 0.235 e. The molecular formula is C10H15NO3S. The number of nitrogens with zero attached hydrogens (tertiary/aromatic N) is 1. The number of carbonyl (C=O) groups excluding carboxylic acids is 1. The number of sulfone groups is 1. The first-order chi connectivity index (χ1) is 7.17. The zero-order chi connectivity index (χ0) is 11.1. The molecule has 0 amide bonds. The molecule has 0 aliphatic carbocycles. The quantitative estimate of drug-likeness (QED) is 0.414. The molecule has 0 radical (unpaired) electrons. The molecule has 0 aromatic carbocycles. The van der Waals surface area contributed by atoms with Gasteiger partial charge in [0.2, 0.25) is 6.08 Å². The van der Waals surface area contributed by atoms with Gasteiger partial charge in [-0.2, -0.15) is 0 Å². The molecule has 1 unspecified atom stereocenters. The molecule has 84 valence electrons. The summed E-state index contributed by atoms with van der Waals surface area (Å²) in [6.07, 6.45) is 7.99. The first kappa shape index (κ1) is 12.1. The van der Waals surface area contributed by atoms with Crippen LogP contribution in [0.15, 0.2) is 17.1 Å². The van der Waals surface area contributed by atoms with Gasteiger partial charge in [0.25, 0.3) is 0 Å². The van der Waals surface area contributed by atoms with Crippen molar-refractivity contribution in [3.63, 3.8) is 0 Å². The molecular weight excluding hydrogens is 214 g/mol. The SMILES string of the molecule is O=C=NC/C=C\CC1CCCCS1(=O)=O. The molecule has 1 rings (SSSR count). The first-order valence-corrected chi connectivity index (χ1v) is 6.78. The monoisotopic (exact) mass is 229 g/mol. The fourth-order valence-electron chi connectivity index (χ4n) is 1.70. The van der Waals surface area contributed by atoms with E-state index in [1.165, 1.54) is 6.08 Å². The minimum Gasteiger partial charge on any atom is -0.229 e. The van der Waals surface area contributed by atoms with Crippen LogP contribution in [0.1, 0.15) is 25.7 Å². The van der Waals surface area contributed by atoms with Crippen LogP contribution < -0.4 is 0 Å². The second-order valence-corrected chi connectivity index (χ2v) is 6.02. The van der Waals surface area contributed by atoms with E-state index in [-0.39, 0.29) is 11.8 Å². The van der Waals surface area contributed by atoms with Crippen molar-refractivity contribution in [1.82, 2.24) is 0 Å². The lowest BCUT2D eigenvalue weighted by molar-refractivity contribution is 0.540. The summed E-state index contributed by atoms with van der Waals surface area (Å²) < 4.78 is 23.2. The van der Waals surface area contributed by atoms with E-state index in [0.717, 1.165) is 19.3 Å². The van der Waals surface area contributed by atoms with Gasteiger partial charge < -0.3 is 0 Å². The summed E-state index contributed by atoms with van der Waals surface area (Å²) in [5, 5.41) is -0.234. The van der Waals surface area contributed by atoms with E-state index in [4.69, 9.17) is 0 Å². The van der Waals surface area contributed by atoms with E-state index in [9.17, 15) is 13.2 Å². The van der Waals surface area contributed by atoms with Gasteiger partial charge >= 0.3 is 0 Å². The smallest absolute Gasteiger partial charge is 0.229 e. The van der Waals surface area contributed by atoms with E-state index >= 15 is 0 Å². The lowest BCUT2D eigenvalue weighted by Crippen LogP contribution is -2.27. The number of allylic oxidation sites excluding steroid dienone is 1. The van der Waals surface area contributed by atoms with Crippen molar-refractivity contribution in [3.8, 4) is 0 Å². The number of isocyanates is 1. The maximum Gasteiger partial charge on any atom is 0.235 e. The van der Waals surface area contributed by atoms with E-state index in [1.54, 1.807) is 12.2 Å². The van der Waals surface area contributed by atoms with Crippen LogP contribution in [0.5, 0.6) is 0 Å². The Bertz CT molecular complexity index is 366. The van der Waals surface area contributed by atoms with Crippen LogP contribution >= 0.6 is 0 Å². The second kappa shape index (κ2) is 5.83. The van der Waals surface area contributed by atoms with Gasteiger partial charge in [-0.15, -0.1) is 0 Å². The summed E-state index contributed by atoms with van der Waals surface area (Å²) in [4.78, 5) is 13.1. The van der Waals surface area contributed by atoms with E-state index < -0.39 is 9.84 Å². The molecule has 1 aliphatic rings. The third-order valence-corrected chi connectivity index (χ3v) is 4.84. The highest BCUT2D eigenvalue weighted by molar-refractivity contribution is 7.92. The number of hydrogen-bond acceptors (Lipinski definition) is 4. The van der Waals surface area contributed by atoms with Crippen molar-refractivity contribution in [2.24, 2.45) is 4.99 Å². The van der Waals surface area contributed by atoms with Crippen LogP contribution in [0.25, 0.3) is 0 Å². The molecule has 1 fully saturated rings. The van der Waals surface area contributed by atoms with E-state index in [1.807, 2.05) is 0 Å². The molecule has 1 atom stereocenters. The molecule has 0 spiro atoms. The van der Waals surface area contributed by atoms with Gasteiger partial charge in [0.1, 0.15) is 0 Å². The number of aliphatic imine (C=N–C) groups is 1. The highest BCUT2D eigenvalue weighted by atomic mass is 32.2. The highest BCUT2D eigenvalue weighted by Gasteiger charge is 2.27. The average Bonchev–Trinajstić information content (AvgIpc) is 2.19. The minimum atomic E-state index is -2.88. The van der Waals surface area contributed by atoms with Crippen molar-refractivity contribution < 1.29 is 13.2 Å². The van der Waals surface area contributed by atoms with Crippen molar-refractivity contribution >= 4 is 15.9 Å². The van der Waals surface area contributed by atoms with E-state index in [2.05, 4.69) is 4.99 Å². The Kier molecular flexibility index (Phi) is 4.72. The predicted octanol–water partition coefficient (Wildman–Crippen LogP) is 1.24. The minimum absolute atomic E-state index is 0.234. The Labute approximate surface area is 90.0 Å². The molecule has 1 aliphatic heterocycles. The van der Waals surface area contributed by atoms with Gasteiger partial charge in [0.15, 0.2) is 9.84 Å². The van der Waals surface area contributed by atoms with Gasteiger partial charge in [0.05, 0.1) is 17.5 Å². The molecule has 5 heteroatoms. The summed E-state index contributed by atoms with van der Waals surface area (Å²) >= 11 is 0. The van der Waals surface area contributed by atoms with Crippen LogP contribution in [0, 0.1) is 0 Å². The Balaban J connectivity index is 2.43. The predicted molar refractivity (Wildman–Crippen MR) is 58.2 cm³/mol. The van der Waals surface area contributed by atoms with Crippen molar-refractivity contribution in [2.45, 2.75) is 30.9 Å². The lowest BCUT2D eigenvalue weighted by atomic mass is 10.1. The Morgan fingerprint density at radius 3 is 2.80 bits per heavy atom. The number of rotatable bonds is 4. The third-order valence-electron chi connectivity index (χ3n) is 2.54. The van der Waals surface area contributed by atoms with Crippen LogP contribution in [0.4, 0.5) is 0 Å². The second-order valence-electron chi connectivity index (χ2n) is 3.62. The molecule has 0 bridgehead atoms. The summed E-state index contributed by atoms with van der Waals surface area (Å²) in [6, 6.07) is 0. The topological polar surface area (TPSA) is 63.6 Å². The van der Waals surface area contributed by atoms with Crippen molar-refractivity contribution in [2.75, 3.05) is 12.3 Å². The molecule has 1 saturated heterocycles. The number of hydrogen-bond donors (Lipinski definition) is 0. The van der Waals surface area contributed by atoms with Gasteiger partial charge in [-0.05, 0) is 19.3 Å². The zero-order valence-corrected chi connectivity index (χ0v) is 9.37. The molecule has 0 saturated carbocycles. The molecule has 0 aromatic rings. The summed E-state index contributed by atoms with van der Waals surface area (Å²) in [5.41, 5.74) is 0. The van der Waals surface area contributed by atoms with Gasteiger partial charge in [-0.3, -0.25) is 0 Å².